The van der Waals surface area contributed by atoms with Crippen molar-refractivity contribution in [3.63, 3.8) is 0 Å². The van der Waals surface area contributed by atoms with Crippen molar-refractivity contribution in [2.45, 2.75) is 38.5 Å². The zero-order valence-corrected chi connectivity index (χ0v) is 16.8. The number of hydrogen-bond acceptors (Lipinski definition) is 4. The highest BCUT2D eigenvalue weighted by molar-refractivity contribution is 5.81. The van der Waals surface area contributed by atoms with Crippen LogP contribution >= 0.6 is 0 Å². The zero-order chi connectivity index (χ0) is 22.1. The Labute approximate surface area is 173 Å². The molecule has 0 spiro atoms. The highest BCUT2D eigenvalue weighted by atomic mass is 19.4. The fourth-order valence-corrected chi connectivity index (χ4v) is 2.87. The lowest BCUT2D eigenvalue weighted by Gasteiger charge is -2.19. The van der Waals surface area contributed by atoms with E-state index in [-0.39, 0.29) is 5.75 Å². The quantitative estimate of drug-likeness (QED) is 0.649. The van der Waals surface area contributed by atoms with Crippen LogP contribution in [0.1, 0.15) is 36.5 Å². The molecule has 160 valence electrons. The van der Waals surface area contributed by atoms with Crippen LogP contribution in [0.5, 0.6) is 11.5 Å². The first-order valence-corrected chi connectivity index (χ1v) is 9.47. The number of carbonyl (C=O) groups is 1. The van der Waals surface area contributed by atoms with E-state index in [4.69, 9.17) is 14.7 Å². The van der Waals surface area contributed by atoms with Gasteiger partial charge in [0.05, 0.1) is 24.3 Å². The van der Waals surface area contributed by atoms with E-state index in [0.29, 0.717) is 31.6 Å². The molecule has 1 unspecified atom stereocenters. The van der Waals surface area contributed by atoms with E-state index < -0.39 is 29.3 Å². The largest absolute Gasteiger partial charge is 0.497 e. The Kier molecular flexibility index (Phi) is 8.10. The fraction of sp³-hybridized carbons (Fsp3) is 0.364. The molecule has 0 radical (unpaired) electrons. The molecule has 0 saturated carbocycles. The number of rotatable bonds is 9. The van der Waals surface area contributed by atoms with Gasteiger partial charge in [0.2, 0.25) is 0 Å². The molecule has 2 aromatic rings. The number of ether oxygens (including phenoxy) is 2. The normalized spacial score (nSPS) is 12.0. The molecule has 1 N–H and O–H groups in total. The van der Waals surface area contributed by atoms with Gasteiger partial charge in [0.1, 0.15) is 11.5 Å². The number of amides is 1. The number of hydrogen-bond donors (Lipinski definition) is 1. The second-order valence-electron chi connectivity index (χ2n) is 6.60. The summed E-state index contributed by atoms with van der Waals surface area (Å²) < 4.78 is 50.2. The zero-order valence-electron chi connectivity index (χ0n) is 16.8. The number of nitrogens with one attached hydrogen (secondary N) is 1. The van der Waals surface area contributed by atoms with Crippen LogP contribution in [0, 0.1) is 11.3 Å². The standard InChI is InChI=1S/C22H23F3N2O3/c1-3-5-20(21(28)27-11-10-15-6-4-7-17(12-15)29-2)30-18-9-8-16(14-26)19(13-18)22(23,24)25/h4,6-9,12-13,20H,3,5,10-11H2,1-2H3,(H,27,28). The van der Waals surface area contributed by atoms with Gasteiger partial charge < -0.3 is 14.8 Å². The van der Waals surface area contributed by atoms with Gasteiger partial charge in [0.15, 0.2) is 6.10 Å². The van der Waals surface area contributed by atoms with Crippen LogP contribution in [-0.2, 0) is 17.4 Å². The van der Waals surface area contributed by atoms with Crippen molar-refractivity contribution < 1.29 is 27.4 Å². The van der Waals surface area contributed by atoms with Gasteiger partial charge in [-0.1, -0.05) is 25.5 Å². The smallest absolute Gasteiger partial charge is 0.417 e. The summed E-state index contributed by atoms with van der Waals surface area (Å²) in [6.07, 6.45) is -4.11. The van der Waals surface area contributed by atoms with Gasteiger partial charge in [-0.25, -0.2) is 0 Å². The lowest BCUT2D eigenvalue weighted by atomic mass is 10.1. The maximum absolute atomic E-state index is 13.1. The van der Waals surface area contributed by atoms with Gasteiger partial charge >= 0.3 is 6.18 Å². The molecule has 0 aromatic heterocycles. The van der Waals surface area contributed by atoms with Crippen LogP contribution in [0.4, 0.5) is 13.2 Å². The first-order valence-electron chi connectivity index (χ1n) is 9.47. The second-order valence-corrected chi connectivity index (χ2v) is 6.60. The van der Waals surface area contributed by atoms with Crippen LogP contribution in [0.3, 0.4) is 0 Å². The molecular weight excluding hydrogens is 397 g/mol. The van der Waals surface area contributed by atoms with Gasteiger partial charge in [-0.3, -0.25) is 4.79 Å². The molecule has 8 heteroatoms. The van der Waals surface area contributed by atoms with Gasteiger partial charge in [0.25, 0.3) is 5.91 Å². The minimum Gasteiger partial charge on any atom is -0.497 e. The third-order valence-electron chi connectivity index (χ3n) is 4.39. The lowest BCUT2D eigenvalue weighted by molar-refractivity contribution is -0.137. The van der Waals surface area contributed by atoms with Crippen LogP contribution in [0.2, 0.25) is 0 Å². The van der Waals surface area contributed by atoms with Crippen LogP contribution in [0.15, 0.2) is 42.5 Å². The second kappa shape index (κ2) is 10.5. The minimum absolute atomic E-state index is 0.109. The van der Waals surface area contributed by atoms with E-state index in [1.807, 2.05) is 31.2 Å². The summed E-state index contributed by atoms with van der Waals surface area (Å²) >= 11 is 0. The Balaban J connectivity index is 2.04. The van der Waals surface area contributed by atoms with Crippen molar-refractivity contribution in [3.05, 3.63) is 59.2 Å². The van der Waals surface area contributed by atoms with E-state index in [1.54, 1.807) is 7.11 Å². The predicted octanol–water partition coefficient (Wildman–Crippen LogP) is 4.49. The van der Waals surface area contributed by atoms with Crippen molar-refractivity contribution in [2.75, 3.05) is 13.7 Å². The van der Waals surface area contributed by atoms with Gasteiger partial charge in [-0.05, 0) is 48.7 Å². The van der Waals surface area contributed by atoms with Crippen LogP contribution in [0.25, 0.3) is 0 Å². The average molecular weight is 420 g/mol. The Morgan fingerprint density at radius 2 is 1.97 bits per heavy atom. The highest BCUT2D eigenvalue weighted by Gasteiger charge is 2.34. The summed E-state index contributed by atoms with van der Waals surface area (Å²) in [6, 6.07) is 12.0. The van der Waals surface area contributed by atoms with Crippen molar-refractivity contribution in [1.29, 1.82) is 5.26 Å². The molecule has 0 saturated heterocycles. The molecule has 2 rings (SSSR count). The van der Waals surface area contributed by atoms with Crippen molar-refractivity contribution in [1.82, 2.24) is 5.32 Å². The maximum Gasteiger partial charge on any atom is 0.417 e. The first kappa shape index (κ1) is 23.1. The Morgan fingerprint density at radius 3 is 2.60 bits per heavy atom. The number of nitrogens with zero attached hydrogens (tertiary/aromatic N) is 1. The van der Waals surface area contributed by atoms with E-state index in [1.165, 1.54) is 12.1 Å². The summed E-state index contributed by atoms with van der Waals surface area (Å²) in [7, 11) is 1.57. The Bertz CT molecular complexity index is 907. The predicted molar refractivity (Wildman–Crippen MR) is 105 cm³/mol. The highest BCUT2D eigenvalue weighted by Crippen LogP contribution is 2.34. The van der Waals surface area contributed by atoms with Gasteiger partial charge in [-0.15, -0.1) is 0 Å². The maximum atomic E-state index is 13.1. The Morgan fingerprint density at radius 1 is 1.20 bits per heavy atom. The molecule has 0 aliphatic rings. The third-order valence-corrected chi connectivity index (χ3v) is 4.39. The Hall–Kier alpha value is -3.21. The summed E-state index contributed by atoms with van der Waals surface area (Å²) in [5.41, 5.74) is -0.606. The van der Waals surface area contributed by atoms with Crippen molar-refractivity contribution >= 4 is 5.91 Å². The summed E-state index contributed by atoms with van der Waals surface area (Å²) in [5.74, 6) is 0.202. The minimum atomic E-state index is -4.69. The molecule has 0 aliphatic carbocycles. The molecule has 0 aliphatic heterocycles. The van der Waals surface area contributed by atoms with Crippen LogP contribution < -0.4 is 14.8 Å². The van der Waals surface area contributed by atoms with Crippen molar-refractivity contribution in [3.8, 4) is 17.6 Å². The molecule has 0 fully saturated rings. The van der Waals surface area contributed by atoms with Gasteiger partial charge in [0, 0.05) is 6.54 Å². The molecule has 1 atom stereocenters. The summed E-state index contributed by atoms with van der Waals surface area (Å²) in [6.45, 7) is 2.19. The number of carbonyl (C=O) groups excluding carboxylic acids is 1. The van der Waals surface area contributed by atoms with Crippen LogP contribution in [-0.4, -0.2) is 25.7 Å². The third kappa shape index (κ3) is 6.41. The van der Waals surface area contributed by atoms with Gasteiger partial charge in [-0.2, -0.15) is 18.4 Å². The SMILES string of the molecule is CCCC(Oc1ccc(C#N)c(C(F)(F)F)c1)C(=O)NCCc1cccc(OC)c1. The lowest BCUT2D eigenvalue weighted by Crippen LogP contribution is -2.39. The van der Waals surface area contributed by atoms with E-state index in [9.17, 15) is 18.0 Å². The molecule has 30 heavy (non-hydrogen) atoms. The molecule has 0 heterocycles. The van der Waals surface area contributed by atoms with E-state index in [2.05, 4.69) is 5.32 Å². The number of benzene rings is 2. The summed E-state index contributed by atoms with van der Waals surface area (Å²) in [5, 5.41) is 11.7. The molecule has 1 amide bonds. The number of nitriles is 1. The average Bonchev–Trinajstić information content (AvgIpc) is 2.72. The number of alkyl halides is 3. The summed E-state index contributed by atoms with van der Waals surface area (Å²) in [4.78, 5) is 12.5. The number of methoxy groups -OCH3 is 1. The van der Waals surface area contributed by atoms with E-state index in [0.717, 1.165) is 17.7 Å². The fourth-order valence-electron chi connectivity index (χ4n) is 2.87. The molecule has 5 nitrogen and oxygen atoms in total. The molecule has 0 bridgehead atoms. The first-order chi connectivity index (χ1) is 14.3. The monoisotopic (exact) mass is 420 g/mol. The topological polar surface area (TPSA) is 71.3 Å². The molecular formula is C22H23F3N2O3. The number of halogens is 3. The van der Waals surface area contributed by atoms with Crippen molar-refractivity contribution in [2.24, 2.45) is 0 Å². The molecule has 2 aromatic carbocycles. The van der Waals surface area contributed by atoms with E-state index >= 15 is 0 Å².